The number of ether oxygens (including phenoxy) is 1. The van der Waals surface area contributed by atoms with Crippen LogP contribution < -0.4 is 26.4 Å². The number of carbonyl (C=O) groups excluding carboxylic acids is 1. The Kier molecular flexibility index (Phi) is 9.07. The van der Waals surface area contributed by atoms with E-state index in [9.17, 15) is 4.79 Å². The number of nitrogens with two attached hydrogens (primary N) is 1. The van der Waals surface area contributed by atoms with Gasteiger partial charge in [0.2, 0.25) is 5.91 Å². The van der Waals surface area contributed by atoms with Gasteiger partial charge in [-0.3, -0.25) is 9.78 Å². The van der Waals surface area contributed by atoms with Crippen molar-refractivity contribution < 1.29 is 9.53 Å². The molecule has 39 heavy (non-hydrogen) atoms. The van der Waals surface area contributed by atoms with Crippen molar-refractivity contribution in [1.82, 2.24) is 15.0 Å². The third-order valence-corrected chi connectivity index (χ3v) is 6.69. The molecular formula is C31H30ClN5O2. The summed E-state index contributed by atoms with van der Waals surface area (Å²) in [4.78, 5) is 26.0. The predicted molar refractivity (Wildman–Crippen MR) is 157 cm³/mol. The largest absolute Gasteiger partial charge is 0.497 e. The van der Waals surface area contributed by atoms with E-state index in [-0.39, 0.29) is 6.54 Å². The zero-order valence-corrected chi connectivity index (χ0v) is 22.7. The third kappa shape index (κ3) is 7.09. The van der Waals surface area contributed by atoms with Gasteiger partial charge in [0.1, 0.15) is 11.6 Å². The Morgan fingerprint density at radius 2 is 1.97 bits per heavy atom. The highest BCUT2D eigenvalue weighted by molar-refractivity contribution is 6.31. The summed E-state index contributed by atoms with van der Waals surface area (Å²) in [6.45, 7) is 6.50. The van der Waals surface area contributed by atoms with Crippen molar-refractivity contribution in [2.75, 3.05) is 19.0 Å². The number of aromatic nitrogens is 3. The molecule has 1 atom stereocenters. The first kappa shape index (κ1) is 27.5. The molecule has 0 fully saturated rings. The summed E-state index contributed by atoms with van der Waals surface area (Å²) >= 11 is 6.32. The van der Waals surface area contributed by atoms with Crippen LogP contribution in [0.3, 0.4) is 0 Å². The van der Waals surface area contributed by atoms with Crippen LogP contribution in [0.5, 0.6) is 5.75 Å². The Morgan fingerprint density at radius 3 is 2.69 bits per heavy atom. The molecule has 4 aromatic rings. The number of rotatable bonds is 10. The van der Waals surface area contributed by atoms with Crippen LogP contribution in [0.25, 0.3) is 29.6 Å². The van der Waals surface area contributed by atoms with E-state index in [1.54, 1.807) is 25.6 Å². The number of amides is 1. The fraction of sp³-hybridized carbons (Fsp3) is 0.161. The fourth-order valence-electron chi connectivity index (χ4n) is 4.00. The number of pyridine rings is 1. The lowest BCUT2D eigenvalue weighted by Gasteiger charge is -2.16. The average Bonchev–Trinajstić information content (AvgIpc) is 2.96. The van der Waals surface area contributed by atoms with Crippen LogP contribution >= 0.6 is 11.6 Å². The number of carbonyl (C=O) groups is 1. The first-order valence-corrected chi connectivity index (χ1v) is 12.8. The summed E-state index contributed by atoms with van der Waals surface area (Å²) in [5.41, 5.74) is 9.40. The summed E-state index contributed by atoms with van der Waals surface area (Å²) in [6.07, 6.45) is 7.67. The Balaban J connectivity index is 1.69. The number of hydrogen-bond donors (Lipinski definition) is 2. The SMILES string of the molecule is C=c1c(NCC(Cc2ccccc2Cl)C(N)=O)nc(-c2cccnc2)n/c1=C/C=C(\C)c1cccc(OC)c1. The van der Waals surface area contributed by atoms with Gasteiger partial charge < -0.3 is 15.8 Å². The summed E-state index contributed by atoms with van der Waals surface area (Å²) in [7, 11) is 1.64. The molecule has 0 aliphatic carbocycles. The van der Waals surface area contributed by atoms with Gasteiger partial charge in [-0.05, 0) is 66.5 Å². The molecule has 0 bridgehead atoms. The number of primary amides is 1. The zero-order chi connectivity index (χ0) is 27.8. The van der Waals surface area contributed by atoms with Gasteiger partial charge in [-0.15, -0.1) is 0 Å². The number of hydrogen-bond acceptors (Lipinski definition) is 6. The van der Waals surface area contributed by atoms with E-state index in [2.05, 4.69) is 16.9 Å². The van der Waals surface area contributed by atoms with Crippen LogP contribution in [-0.2, 0) is 11.2 Å². The number of benzene rings is 2. The van der Waals surface area contributed by atoms with E-state index in [0.29, 0.717) is 33.7 Å². The molecule has 198 valence electrons. The maximum absolute atomic E-state index is 12.3. The van der Waals surface area contributed by atoms with Crippen molar-refractivity contribution in [2.45, 2.75) is 13.3 Å². The molecule has 0 spiro atoms. The molecule has 3 N–H and O–H groups in total. The van der Waals surface area contributed by atoms with Gasteiger partial charge in [0.25, 0.3) is 0 Å². The van der Waals surface area contributed by atoms with E-state index in [4.69, 9.17) is 32.0 Å². The summed E-state index contributed by atoms with van der Waals surface area (Å²) in [5.74, 6) is 0.833. The highest BCUT2D eigenvalue weighted by Crippen LogP contribution is 2.21. The number of methoxy groups -OCH3 is 1. The summed E-state index contributed by atoms with van der Waals surface area (Å²) < 4.78 is 5.35. The molecule has 1 unspecified atom stereocenters. The topological polar surface area (TPSA) is 103 Å². The van der Waals surface area contributed by atoms with Gasteiger partial charge in [-0.25, -0.2) is 9.97 Å². The molecule has 8 heteroatoms. The molecule has 2 aromatic carbocycles. The lowest BCUT2D eigenvalue weighted by molar-refractivity contribution is -0.121. The van der Waals surface area contributed by atoms with Crippen LogP contribution in [-0.4, -0.2) is 34.5 Å². The molecule has 1 amide bonds. The molecule has 0 saturated carbocycles. The highest BCUT2D eigenvalue weighted by Gasteiger charge is 2.18. The van der Waals surface area contributed by atoms with Crippen LogP contribution in [0.4, 0.5) is 5.82 Å². The molecule has 0 saturated heterocycles. The van der Waals surface area contributed by atoms with Crippen LogP contribution in [0.15, 0.2) is 79.1 Å². The number of nitrogens with one attached hydrogen (secondary N) is 1. The van der Waals surface area contributed by atoms with Crippen molar-refractivity contribution in [2.24, 2.45) is 11.7 Å². The second-order valence-electron chi connectivity index (χ2n) is 9.03. The standard InChI is InChI=1S/C31H30ClN5O2/c1-20(22-9-6-11-26(17-22)39-3)13-14-28-21(2)30(37-31(36-28)24-10-7-15-34-18-24)35-19-25(29(33)38)16-23-8-4-5-12-27(23)32/h4-15,17-18,25H,2,16,19H2,1,3H3,(H2,33,38)(H,35,36,37)/b20-13+,28-14+. The van der Waals surface area contributed by atoms with Crippen LogP contribution in [0, 0.1) is 5.92 Å². The molecule has 4 rings (SSSR count). The number of allylic oxidation sites excluding steroid dienone is 2. The van der Waals surface area contributed by atoms with Gasteiger partial charge in [0.05, 0.1) is 18.4 Å². The molecule has 2 heterocycles. The Hall–Kier alpha value is -4.49. The summed E-state index contributed by atoms with van der Waals surface area (Å²) in [6, 6.07) is 19.0. The average molecular weight is 540 g/mol. The van der Waals surface area contributed by atoms with Crippen molar-refractivity contribution in [1.29, 1.82) is 0 Å². The fourth-order valence-corrected chi connectivity index (χ4v) is 4.21. The zero-order valence-electron chi connectivity index (χ0n) is 21.9. The number of anilines is 1. The second kappa shape index (κ2) is 12.8. The van der Waals surface area contributed by atoms with Crippen molar-refractivity contribution in [3.05, 3.63) is 106 Å². The van der Waals surface area contributed by atoms with Crippen molar-refractivity contribution >= 4 is 41.6 Å². The first-order chi connectivity index (χ1) is 18.9. The van der Waals surface area contributed by atoms with Crippen molar-refractivity contribution in [3.63, 3.8) is 0 Å². The molecule has 0 aliphatic heterocycles. The Labute approximate surface area is 232 Å². The highest BCUT2D eigenvalue weighted by atomic mass is 35.5. The minimum Gasteiger partial charge on any atom is -0.497 e. The Bertz CT molecular complexity index is 1610. The van der Waals surface area contributed by atoms with Gasteiger partial charge in [-0.1, -0.05) is 54.6 Å². The lowest BCUT2D eigenvalue weighted by atomic mass is 9.98. The maximum Gasteiger partial charge on any atom is 0.222 e. The summed E-state index contributed by atoms with van der Waals surface area (Å²) in [5, 5.41) is 5.11. The number of halogens is 1. The van der Waals surface area contributed by atoms with E-state index in [1.807, 2.05) is 73.7 Å². The van der Waals surface area contributed by atoms with Gasteiger partial charge in [-0.2, -0.15) is 0 Å². The molecule has 2 aromatic heterocycles. The quantitative estimate of drug-likeness (QED) is 0.312. The predicted octanol–water partition coefficient (Wildman–Crippen LogP) is 4.25. The van der Waals surface area contributed by atoms with E-state index < -0.39 is 11.8 Å². The normalized spacial score (nSPS) is 12.7. The minimum atomic E-state index is -0.510. The molecule has 0 radical (unpaired) electrons. The third-order valence-electron chi connectivity index (χ3n) is 6.32. The monoisotopic (exact) mass is 539 g/mol. The lowest BCUT2D eigenvalue weighted by Crippen LogP contribution is -2.36. The second-order valence-corrected chi connectivity index (χ2v) is 9.43. The van der Waals surface area contributed by atoms with E-state index >= 15 is 0 Å². The van der Waals surface area contributed by atoms with Gasteiger partial charge >= 0.3 is 0 Å². The van der Waals surface area contributed by atoms with Gasteiger partial charge in [0, 0.05) is 34.7 Å². The van der Waals surface area contributed by atoms with Crippen LogP contribution in [0.2, 0.25) is 5.02 Å². The molecule has 7 nitrogen and oxygen atoms in total. The maximum atomic E-state index is 12.3. The van der Waals surface area contributed by atoms with Crippen molar-refractivity contribution in [3.8, 4) is 17.1 Å². The smallest absolute Gasteiger partial charge is 0.222 e. The van der Waals surface area contributed by atoms with E-state index in [0.717, 1.165) is 28.0 Å². The molecule has 0 aliphatic rings. The van der Waals surface area contributed by atoms with Crippen LogP contribution in [0.1, 0.15) is 18.1 Å². The Morgan fingerprint density at radius 1 is 1.15 bits per heavy atom. The first-order valence-electron chi connectivity index (χ1n) is 12.4. The van der Waals surface area contributed by atoms with E-state index in [1.165, 1.54) is 0 Å². The number of nitrogens with zero attached hydrogens (tertiary/aromatic N) is 3. The van der Waals surface area contributed by atoms with Gasteiger partial charge in [0.15, 0.2) is 5.82 Å². The minimum absolute atomic E-state index is 0.255. The molecular weight excluding hydrogens is 510 g/mol.